The maximum absolute atomic E-state index is 12.2. The van der Waals surface area contributed by atoms with Crippen LogP contribution in [0.5, 0.6) is 0 Å². The number of nitrogen functional groups attached to an aromatic ring is 1. The molecule has 0 unspecified atom stereocenters. The lowest BCUT2D eigenvalue weighted by atomic mass is 10.2. The van der Waals surface area contributed by atoms with Crippen molar-refractivity contribution in [2.24, 2.45) is 0 Å². The quantitative estimate of drug-likeness (QED) is 0.779. The molecule has 0 radical (unpaired) electrons. The van der Waals surface area contributed by atoms with Crippen molar-refractivity contribution in [1.29, 1.82) is 0 Å². The van der Waals surface area contributed by atoms with Gasteiger partial charge in [0.25, 0.3) is 6.43 Å². The molecule has 13 heavy (non-hydrogen) atoms. The van der Waals surface area contributed by atoms with Gasteiger partial charge in [-0.2, -0.15) is 0 Å². The molecule has 0 aliphatic carbocycles. The molecule has 3 nitrogen and oxygen atoms in total. The topological polar surface area (TPSA) is 59.1 Å². The molecule has 1 aromatic rings. The van der Waals surface area contributed by atoms with Crippen molar-refractivity contribution >= 4 is 17.3 Å². The summed E-state index contributed by atoms with van der Waals surface area (Å²) in [7, 11) is 0. The van der Waals surface area contributed by atoms with Crippen molar-refractivity contribution < 1.29 is 13.9 Å². The Kier molecular flexibility index (Phi) is 3.00. The SMILES string of the molecule is Nc1c(C(F)F)cnc(CO)c1Cl. The Morgan fingerprint density at radius 2 is 2.23 bits per heavy atom. The summed E-state index contributed by atoms with van der Waals surface area (Å²) >= 11 is 5.56. The monoisotopic (exact) mass is 208 g/mol. The minimum absolute atomic E-state index is 0.101. The first-order valence-electron chi connectivity index (χ1n) is 3.39. The van der Waals surface area contributed by atoms with Crippen LogP contribution < -0.4 is 5.73 Å². The molecule has 6 heteroatoms. The molecule has 0 aromatic carbocycles. The van der Waals surface area contributed by atoms with Crippen LogP contribution in [0.2, 0.25) is 5.02 Å². The minimum atomic E-state index is -2.71. The van der Waals surface area contributed by atoms with Crippen molar-refractivity contribution in [3.63, 3.8) is 0 Å². The van der Waals surface area contributed by atoms with Crippen LogP contribution >= 0.6 is 11.6 Å². The van der Waals surface area contributed by atoms with E-state index >= 15 is 0 Å². The fraction of sp³-hybridized carbons (Fsp3) is 0.286. The number of rotatable bonds is 2. The van der Waals surface area contributed by atoms with Gasteiger partial charge < -0.3 is 10.8 Å². The number of pyridine rings is 1. The van der Waals surface area contributed by atoms with Gasteiger partial charge >= 0.3 is 0 Å². The number of nitrogens with zero attached hydrogens (tertiary/aromatic N) is 1. The minimum Gasteiger partial charge on any atom is -0.397 e. The van der Waals surface area contributed by atoms with Gasteiger partial charge in [0.15, 0.2) is 0 Å². The summed E-state index contributed by atoms with van der Waals surface area (Å²) in [5.41, 5.74) is 4.76. The van der Waals surface area contributed by atoms with Crippen LogP contribution in [0.1, 0.15) is 17.7 Å². The summed E-state index contributed by atoms with van der Waals surface area (Å²) in [6, 6.07) is 0. The van der Waals surface area contributed by atoms with Gasteiger partial charge in [0.2, 0.25) is 0 Å². The second-order valence-corrected chi connectivity index (χ2v) is 2.72. The fourth-order valence-electron chi connectivity index (χ4n) is 0.840. The predicted octanol–water partition coefficient (Wildman–Crippen LogP) is 1.75. The maximum atomic E-state index is 12.2. The molecule has 0 bridgehead atoms. The number of aliphatic hydroxyl groups is 1. The van der Waals surface area contributed by atoms with Crippen molar-refractivity contribution in [2.45, 2.75) is 13.0 Å². The molecule has 0 fully saturated rings. The van der Waals surface area contributed by atoms with E-state index in [4.69, 9.17) is 22.4 Å². The molecular formula is C7H7ClF2N2O. The molecule has 1 heterocycles. The fourth-order valence-corrected chi connectivity index (χ4v) is 1.06. The lowest BCUT2D eigenvalue weighted by Crippen LogP contribution is -2.01. The summed E-state index contributed by atoms with van der Waals surface area (Å²) in [5, 5.41) is 8.57. The third kappa shape index (κ3) is 1.87. The van der Waals surface area contributed by atoms with E-state index in [1.165, 1.54) is 0 Å². The third-order valence-corrected chi connectivity index (χ3v) is 1.97. The zero-order chi connectivity index (χ0) is 10.0. The Hall–Kier alpha value is -0.940. The normalized spacial score (nSPS) is 10.8. The molecule has 0 saturated heterocycles. The van der Waals surface area contributed by atoms with Crippen molar-refractivity contribution in [2.75, 3.05) is 5.73 Å². The molecular weight excluding hydrogens is 202 g/mol. The van der Waals surface area contributed by atoms with Crippen molar-refractivity contribution in [3.05, 3.63) is 22.5 Å². The highest BCUT2D eigenvalue weighted by Crippen LogP contribution is 2.31. The Morgan fingerprint density at radius 1 is 1.62 bits per heavy atom. The number of aromatic nitrogens is 1. The summed E-state index contributed by atoms with van der Waals surface area (Å²) < 4.78 is 24.4. The van der Waals surface area contributed by atoms with Gasteiger partial charge in [-0.1, -0.05) is 11.6 Å². The molecule has 0 aliphatic heterocycles. The summed E-state index contributed by atoms with van der Waals surface area (Å²) in [5.74, 6) is 0. The van der Waals surface area contributed by atoms with E-state index in [1.54, 1.807) is 0 Å². The van der Waals surface area contributed by atoms with Crippen LogP contribution in [0.25, 0.3) is 0 Å². The number of alkyl halides is 2. The molecule has 1 aromatic heterocycles. The molecule has 0 spiro atoms. The largest absolute Gasteiger partial charge is 0.397 e. The van der Waals surface area contributed by atoms with E-state index < -0.39 is 18.6 Å². The van der Waals surface area contributed by atoms with Crippen LogP contribution in [0.15, 0.2) is 6.20 Å². The molecule has 0 atom stereocenters. The van der Waals surface area contributed by atoms with Crippen LogP contribution in [0.4, 0.5) is 14.5 Å². The molecule has 0 saturated carbocycles. The van der Waals surface area contributed by atoms with Crippen molar-refractivity contribution in [3.8, 4) is 0 Å². The van der Waals surface area contributed by atoms with E-state index in [2.05, 4.69) is 4.98 Å². The van der Waals surface area contributed by atoms with Crippen LogP contribution in [-0.4, -0.2) is 10.1 Å². The second-order valence-electron chi connectivity index (χ2n) is 2.35. The standard InChI is InChI=1S/C7H7ClF2N2O/c8-5-4(2-13)12-1-3(6(5)11)7(9)10/h1,7,13H,2H2,(H2,11,12). The third-order valence-electron chi connectivity index (χ3n) is 1.55. The highest BCUT2D eigenvalue weighted by molar-refractivity contribution is 6.33. The van der Waals surface area contributed by atoms with Gasteiger partial charge in [-0.15, -0.1) is 0 Å². The Bertz CT molecular complexity index is 320. The van der Waals surface area contributed by atoms with E-state index in [0.29, 0.717) is 0 Å². The van der Waals surface area contributed by atoms with E-state index in [9.17, 15) is 8.78 Å². The lowest BCUT2D eigenvalue weighted by Gasteiger charge is -2.07. The van der Waals surface area contributed by atoms with Crippen LogP contribution in [0, 0.1) is 0 Å². The summed E-state index contributed by atoms with van der Waals surface area (Å²) in [6.45, 7) is -0.424. The predicted molar refractivity (Wildman–Crippen MR) is 44.5 cm³/mol. The molecule has 72 valence electrons. The molecule has 0 aliphatic rings. The Labute approximate surface area is 78.1 Å². The van der Waals surface area contributed by atoms with Crippen LogP contribution in [-0.2, 0) is 6.61 Å². The van der Waals surface area contributed by atoms with Gasteiger partial charge in [-0.25, -0.2) is 8.78 Å². The smallest absolute Gasteiger partial charge is 0.267 e. The number of nitrogens with two attached hydrogens (primary N) is 1. The number of aliphatic hydroxyl groups excluding tert-OH is 1. The Morgan fingerprint density at radius 3 is 2.69 bits per heavy atom. The maximum Gasteiger partial charge on any atom is 0.267 e. The van der Waals surface area contributed by atoms with Gasteiger partial charge in [0.05, 0.1) is 28.6 Å². The average molecular weight is 209 g/mol. The lowest BCUT2D eigenvalue weighted by molar-refractivity contribution is 0.151. The van der Waals surface area contributed by atoms with Gasteiger partial charge in [0.1, 0.15) is 0 Å². The Balaban J connectivity index is 3.23. The first-order chi connectivity index (χ1) is 6.07. The summed E-state index contributed by atoms with van der Waals surface area (Å²) in [6.07, 6.45) is -1.80. The van der Waals surface area contributed by atoms with E-state index in [-0.39, 0.29) is 16.4 Å². The van der Waals surface area contributed by atoms with Gasteiger partial charge in [-0.05, 0) is 0 Å². The number of hydrogen-bond donors (Lipinski definition) is 2. The highest BCUT2D eigenvalue weighted by atomic mass is 35.5. The zero-order valence-electron chi connectivity index (χ0n) is 6.47. The molecule has 1 rings (SSSR count). The van der Waals surface area contributed by atoms with Crippen LogP contribution in [0.3, 0.4) is 0 Å². The first kappa shape index (κ1) is 10.1. The zero-order valence-corrected chi connectivity index (χ0v) is 7.22. The molecule has 0 amide bonds. The summed E-state index contributed by atoms with van der Waals surface area (Å²) in [4.78, 5) is 3.54. The molecule has 3 N–H and O–H groups in total. The van der Waals surface area contributed by atoms with Gasteiger partial charge in [-0.3, -0.25) is 4.98 Å². The first-order valence-corrected chi connectivity index (χ1v) is 3.77. The average Bonchev–Trinajstić information content (AvgIpc) is 2.09. The number of anilines is 1. The second kappa shape index (κ2) is 3.85. The number of halogens is 3. The van der Waals surface area contributed by atoms with E-state index in [1.807, 2.05) is 0 Å². The van der Waals surface area contributed by atoms with Gasteiger partial charge in [0, 0.05) is 6.20 Å². The van der Waals surface area contributed by atoms with E-state index in [0.717, 1.165) is 6.20 Å². The number of hydrogen-bond acceptors (Lipinski definition) is 3. The van der Waals surface area contributed by atoms with Crippen molar-refractivity contribution in [1.82, 2.24) is 4.98 Å². The highest BCUT2D eigenvalue weighted by Gasteiger charge is 2.16.